The van der Waals surface area contributed by atoms with Gasteiger partial charge in [0.25, 0.3) is 5.91 Å². The summed E-state index contributed by atoms with van der Waals surface area (Å²) in [5.74, 6) is 0.937. The molecule has 0 spiro atoms. The molecular formula is C25H26N4O2S. The lowest BCUT2D eigenvalue weighted by molar-refractivity contribution is 0.0752. The van der Waals surface area contributed by atoms with Crippen molar-refractivity contribution in [3.05, 3.63) is 71.0 Å². The molecule has 0 bridgehead atoms. The molecule has 1 saturated heterocycles. The Labute approximate surface area is 191 Å². The van der Waals surface area contributed by atoms with E-state index in [2.05, 4.69) is 30.0 Å². The first-order valence-corrected chi connectivity index (χ1v) is 11.6. The fraction of sp³-hybridized carbons (Fsp3) is 0.280. The summed E-state index contributed by atoms with van der Waals surface area (Å²) < 4.78 is 7.30. The van der Waals surface area contributed by atoms with Crippen LogP contribution in [-0.4, -0.2) is 53.6 Å². The van der Waals surface area contributed by atoms with Gasteiger partial charge in [-0.3, -0.25) is 4.79 Å². The highest BCUT2D eigenvalue weighted by Gasteiger charge is 2.28. The lowest BCUT2D eigenvalue weighted by atomic mass is 10.1. The second-order valence-electron chi connectivity index (χ2n) is 8.11. The maximum Gasteiger partial charge on any atom is 0.266 e. The zero-order chi connectivity index (χ0) is 22.2. The van der Waals surface area contributed by atoms with Gasteiger partial charge in [-0.1, -0.05) is 0 Å². The number of hydrogen-bond acceptors (Lipinski definition) is 5. The molecule has 1 aliphatic rings. The van der Waals surface area contributed by atoms with E-state index in [0.717, 1.165) is 56.6 Å². The number of carbonyl (C=O) groups excluding carboxylic acids is 1. The van der Waals surface area contributed by atoms with Gasteiger partial charge in [-0.05, 0) is 61.9 Å². The largest absolute Gasteiger partial charge is 0.497 e. The summed E-state index contributed by atoms with van der Waals surface area (Å²) in [7, 11) is 1.67. The number of thiophene rings is 1. The van der Waals surface area contributed by atoms with Crippen molar-refractivity contribution in [2.75, 3.05) is 38.2 Å². The van der Waals surface area contributed by atoms with Crippen LogP contribution in [0.4, 0.5) is 5.69 Å². The molecule has 0 radical (unpaired) electrons. The van der Waals surface area contributed by atoms with Crippen molar-refractivity contribution in [2.24, 2.45) is 0 Å². The van der Waals surface area contributed by atoms with Gasteiger partial charge in [0.2, 0.25) is 0 Å². The molecule has 1 aromatic carbocycles. The first-order valence-electron chi connectivity index (χ1n) is 10.8. The van der Waals surface area contributed by atoms with E-state index < -0.39 is 0 Å². The summed E-state index contributed by atoms with van der Waals surface area (Å²) in [5, 5.41) is 1.07. The number of piperazine rings is 1. The smallest absolute Gasteiger partial charge is 0.266 e. The lowest BCUT2D eigenvalue weighted by Crippen LogP contribution is -2.48. The average Bonchev–Trinajstić information content (AvgIpc) is 3.46. The number of anilines is 1. The molecule has 32 heavy (non-hydrogen) atoms. The van der Waals surface area contributed by atoms with Crippen molar-refractivity contribution in [2.45, 2.75) is 13.8 Å². The Morgan fingerprint density at radius 2 is 1.72 bits per heavy atom. The van der Waals surface area contributed by atoms with Crippen molar-refractivity contribution >= 4 is 33.1 Å². The fourth-order valence-electron chi connectivity index (χ4n) is 4.40. The van der Waals surface area contributed by atoms with Crippen molar-refractivity contribution < 1.29 is 9.53 Å². The number of aromatic nitrogens is 2. The van der Waals surface area contributed by atoms with Crippen molar-refractivity contribution in [1.82, 2.24) is 14.5 Å². The average molecular weight is 447 g/mol. The van der Waals surface area contributed by atoms with Crippen LogP contribution in [0.15, 0.2) is 54.9 Å². The van der Waals surface area contributed by atoms with Gasteiger partial charge < -0.3 is 19.1 Å². The summed E-state index contributed by atoms with van der Waals surface area (Å²) >= 11 is 1.50. The van der Waals surface area contributed by atoms with Gasteiger partial charge >= 0.3 is 0 Å². The maximum atomic E-state index is 13.7. The second-order valence-corrected chi connectivity index (χ2v) is 9.11. The van der Waals surface area contributed by atoms with E-state index in [1.54, 1.807) is 7.11 Å². The van der Waals surface area contributed by atoms with Crippen LogP contribution in [0.25, 0.3) is 15.9 Å². The number of hydrogen-bond donors (Lipinski definition) is 0. The topological polar surface area (TPSA) is 50.6 Å². The molecule has 4 aromatic rings. The Balaban J connectivity index is 1.43. The van der Waals surface area contributed by atoms with E-state index in [1.807, 2.05) is 53.0 Å². The van der Waals surface area contributed by atoms with E-state index in [0.29, 0.717) is 13.1 Å². The van der Waals surface area contributed by atoms with Crippen molar-refractivity contribution in [1.29, 1.82) is 0 Å². The van der Waals surface area contributed by atoms with Gasteiger partial charge in [0.1, 0.15) is 15.5 Å². The highest BCUT2D eigenvalue weighted by atomic mass is 32.1. The Hall–Kier alpha value is -3.32. The van der Waals surface area contributed by atoms with Crippen molar-refractivity contribution in [3.8, 4) is 11.4 Å². The van der Waals surface area contributed by atoms with E-state index in [-0.39, 0.29) is 5.91 Å². The van der Waals surface area contributed by atoms with E-state index >= 15 is 0 Å². The SMILES string of the molecule is COc1ccc(N2CCN(C(=O)c3sc4nc(C)cc(C)c4c3-n3cccc3)CC2)cc1. The van der Waals surface area contributed by atoms with Gasteiger partial charge in [0.15, 0.2) is 0 Å². The first-order chi connectivity index (χ1) is 15.5. The number of ether oxygens (including phenoxy) is 1. The number of nitrogens with zero attached hydrogens (tertiary/aromatic N) is 4. The number of fused-ring (bicyclic) bond motifs is 1. The van der Waals surface area contributed by atoms with Gasteiger partial charge in [-0.15, -0.1) is 11.3 Å². The molecule has 4 heterocycles. The van der Waals surface area contributed by atoms with E-state index in [9.17, 15) is 4.79 Å². The van der Waals surface area contributed by atoms with Crippen LogP contribution >= 0.6 is 11.3 Å². The molecule has 0 saturated carbocycles. The summed E-state index contributed by atoms with van der Waals surface area (Å²) in [5.41, 5.74) is 4.23. The highest BCUT2D eigenvalue weighted by Crippen LogP contribution is 2.37. The molecule has 5 rings (SSSR count). The Morgan fingerprint density at radius 3 is 2.38 bits per heavy atom. The molecule has 1 aliphatic heterocycles. The third kappa shape index (κ3) is 3.62. The summed E-state index contributed by atoms with van der Waals surface area (Å²) in [6.07, 6.45) is 4.00. The van der Waals surface area contributed by atoms with Crippen LogP contribution in [0.2, 0.25) is 0 Å². The predicted molar refractivity (Wildman–Crippen MR) is 130 cm³/mol. The molecule has 0 unspecified atom stereocenters. The minimum atomic E-state index is 0.0862. The van der Waals surface area contributed by atoms with Gasteiger partial charge in [-0.2, -0.15) is 0 Å². The Morgan fingerprint density at radius 1 is 1.03 bits per heavy atom. The van der Waals surface area contributed by atoms with Gasteiger partial charge in [0, 0.05) is 55.3 Å². The molecule has 6 nitrogen and oxygen atoms in total. The Bertz CT molecular complexity index is 1250. The van der Waals surface area contributed by atoms with E-state index in [1.165, 1.54) is 11.3 Å². The number of methoxy groups -OCH3 is 1. The fourth-order valence-corrected chi connectivity index (χ4v) is 5.67. The number of carbonyl (C=O) groups is 1. The molecule has 1 fully saturated rings. The third-order valence-corrected chi connectivity index (χ3v) is 7.08. The summed E-state index contributed by atoms with van der Waals surface area (Å²) in [6, 6.07) is 14.2. The minimum absolute atomic E-state index is 0.0862. The lowest BCUT2D eigenvalue weighted by Gasteiger charge is -2.36. The minimum Gasteiger partial charge on any atom is -0.497 e. The predicted octanol–water partition coefficient (Wildman–Crippen LogP) is 4.67. The molecule has 0 N–H and O–H groups in total. The molecule has 0 aliphatic carbocycles. The molecule has 1 amide bonds. The number of benzene rings is 1. The standard InChI is InChI=1S/C25H26N4O2S/c1-17-16-18(2)26-24-21(17)22(28-10-4-5-11-28)23(32-24)25(30)29-14-12-27(13-15-29)19-6-8-20(31-3)9-7-19/h4-11,16H,12-15H2,1-3H3. The zero-order valence-electron chi connectivity index (χ0n) is 18.5. The normalized spacial score (nSPS) is 14.2. The number of pyridine rings is 1. The van der Waals surface area contributed by atoms with Crippen LogP contribution in [0, 0.1) is 13.8 Å². The van der Waals surface area contributed by atoms with Gasteiger partial charge in [-0.25, -0.2) is 4.98 Å². The van der Waals surface area contributed by atoms with Crippen molar-refractivity contribution in [3.63, 3.8) is 0 Å². The van der Waals surface area contributed by atoms with E-state index in [4.69, 9.17) is 9.72 Å². The maximum absolute atomic E-state index is 13.7. The summed E-state index contributed by atoms with van der Waals surface area (Å²) in [6.45, 7) is 7.09. The number of aryl methyl sites for hydroxylation is 2. The van der Waals surface area contributed by atoms with Crippen LogP contribution in [0.5, 0.6) is 5.75 Å². The zero-order valence-corrected chi connectivity index (χ0v) is 19.4. The van der Waals surface area contributed by atoms with Crippen LogP contribution in [-0.2, 0) is 0 Å². The van der Waals surface area contributed by atoms with Gasteiger partial charge in [0.05, 0.1) is 12.8 Å². The van der Waals surface area contributed by atoms with Crippen LogP contribution < -0.4 is 9.64 Å². The Kier molecular flexibility index (Phi) is 5.35. The second kappa shape index (κ2) is 8.31. The summed E-state index contributed by atoms with van der Waals surface area (Å²) in [4.78, 5) is 24.4. The molecule has 3 aromatic heterocycles. The third-order valence-electron chi connectivity index (χ3n) is 6.02. The number of rotatable bonds is 4. The molecule has 0 atom stereocenters. The molecule has 164 valence electrons. The molecule has 7 heteroatoms. The van der Waals surface area contributed by atoms with Crippen LogP contribution in [0.3, 0.4) is 0 Å². The highest BCUT2D eigenvalue weighted by molar-refractivity contribution is 7.21. The quantitative estimate of drug-likeness (QED) is 0.457. The monoisotopic (exact) mass is 446 g/mol. The van der Waals surface area contributed by atoms with Crippen LogP contribution in [0.1, 0.15) is 20.9 Å². The number of amides is 1. The molecular weight excluding hydrogens is 420 g/mol. The first kappa shape index (κ1) is 20.6.